The van der Waals surface area contributed by atoms with Gasteiger partial charge in [0, 0.05) is 0 Å². The summed E-state index contributed by atoms with van der Waals surface area (Å²) in [5.41, 5.74) is 0.984. The summed E-state index contributed by atoms with van der Waals surface area (Å²) in [6.07, 6.45) is -0.919. The van der Waals surface area contributed by atoms with Crippen molar-refractivity contribution in [3.63, 3.8) is 0 Å². The van der Waals surface area contributed by atoms with Crippen LogP contribution in [0.2, 0.25) is 0 Å². The van der Waals surface area contributed by atoms with Crippen molar-refractivity contribution in [3.8, 4) is 11.5 Å². The predicted octanol–water partition coefficient (Wildman–Crippen LogP) is 4.04. The average molecular weight is 394 g/mol. The van der Waals surface area contributed by atoms with Crippen LogP contribution < -0.4 is 15.1 Å². The van der Waals surface area contributed by atoms with Gasteiger partial charge in [0.05, 0.1) is 29.6 Å². The van der Waals surface area contributed by atoms with Gasteiger partial charge in [-0.2, -0.15) is 0 Å². The average Bonchev–Trinajstić information content (AvgIpc) is 3.10. The third-order valence-electron chi connectivity index (χ3n) is 4.79. The van der Waals surface area contributed by atoms with Crippen LogP contribution in [0.25, 0.3) is 11.0 Å². The van der Waals surface area contributed by atoms with Gasteiger partial charge in [0.2, 0.25) is 6.10 Å². The fourth-order valence-corrected chi connectivity index (χ4v) is 3.65. The van der Waals surface area contributed by atoms with Crippen LogP contribution in [0.4, 0.5) is 0 Å². The summed E-state index contributed by atoms with van der Waals surface area (Å²) in [6.45, 7) is 5.85. The number of rotatable bonds is 5. The number of benzene rings is 2. The van der Waals surface area contributed by atoms with Crippen LogP contribution in [0.1, 0.15) is 37.8 Å². The van der Waals surface area contributed by atoms with Gasteiger partial charge in [0.25, 0.3) is 0 Å². The molecule has 0 radical (unpaired) electrons. The number of carbonyl (C=O) groups excluding carboxylic acids is 1. The summed E-state index contributed by atoms with van der Waals surface area (Å²) < 4.78 is 22.4. The molecule has 0 fully saturated rings. The molecule has 3 aromatic rings. The van der Waals surface area contributed by atoms with Crippen LogP contribution in [0.3, 0.4) is 0 Å². The Morgan fingerprint density at radius 2 is 1.83 bits per heavy atom. The van der Waals surface area contributed by atoms with E-state index in [0.717, 1.165) is 5.56 Å². The van der Waals surface area contributed by atoms with E-state index in [9.17, 15) is 9.59 Å². The van der Waals surface area contributed by atoms with Crippen LogP contribution in [-0.2, 0) is 9.53 Å². The minimum absolute atomic E-state index is 0.0436. The Balaban J connectivity index is 1.85. The first kappa shape index (κ1) is 19.1. The van der Waals surface area contributed by atoms with Gasteiger partial charge in [0.1, 0.15) is 17.1 Å². The fourth-order valence-electron chi connectivity index (χ4n) is 3.65. The van der Waals surface area contributed by atoms with Crippen LogP contribution in [-0.4, -0.2) is 24.8 Å². The first-order chi connectivity index (χ1) is 14.0. The van der Waals surface area contributed by atoms with Gasteiger partial charge < -0.3 is 18.6 Å². The van der Waals surface area contributed by atoms with Crippen molar-refractivity contribution in [1.29, 1.82) is 0 Å². The maximum atomic E-state index is 12.8. The van der Waals surface area contributed by atoms with Crippen molar-refractivity contribution < 1.29 is 23.4 Å². The maximum absolute atomic E-state index is 12.8. The summed E-state index contributed by atoms with van der Waals surface area (Å²) >= 11 is 0. The fraction of sp³-hybridized carbons (Fsp3) is 0.304. The Labute approximate surface area is 168 Å². The van der Waals surface area contributed by atoms with Crippen LogP contribution in [0, 0.1) is 0 Å². The SMILES string of the molecule is CCOC(=O)C1Oc2c(c(=O)oc3ccccc23)C1c1ccc(OC(C)C)cc1. The minimum atomic E-state index is -0.962. The van der Waals surface area contributed by atoms with Crippen molar-refractivity contribution >= 4 is 16.9 Å². The van der Waals surface area contributed by atoms with E-state index in [-0.39, 0.29) is 12.7 Å². The standard InChI is InChI=1S/C23H22O6/c1-4-26-23(25)21-18(14-9-11-15(12-10-14)27-13(2)3)19-20(29-21)16-7-5-6-8-17(16)28-22(19)24/h5-13,18,21H,4H2,1-3H3. The van der Waals surface area contributed by atoms with Gasteiger partial charge in [-0.1, -0.05) is 24.3 Å². The Bertz CT molecular complexity index is 1100. The number of hydrogen-bond donors (Lipinski definition) is 0. The molecular formula is C23H22O6. The molecule has 0 saturated carbocycles. The second-order valence-corrected chi connectivity index (χ2v) is 7.13. The molecule has 1 aliphatic rings. The molecule has 150 valence electrons. The van der Waals surface area contributed by atoms with E-state index in [4.69, 9.17) is 18.6 Å². The summed E-state index contributed by atoms with van der Waals surface area (Å²) in [7, 11) is 0. The lowest BCUT2D eigenvalue weighted by Crippen LogP contribution is -2.32. The number of para-hydroxylation sites is 1. The highest BCUT2D eigenvalue weighted by molar-refractivity contribution is 5.88. The zero-order valence-electron chi connectivity index (χ0n) is 16.5. The lowest BCUT2D eigenvalue weighted by atomic mass is 9.88. The zero-order chi connectivity index (χ0) is 20.5. The monoisotopic (exact) mass is 394 g/mol. The molecule has 2 aromatic carbocycles. The molecule has 6 heteroatoms. The molecule has 4 rings (SSSR count). The Morgan fingerprint density at radius 1 is 1.10 bits per heavy atom. The number of esters is 1. The summed E-state index contributed by atoms with van der Waals surface area (Å²) in [5.74, 6) is -0.0544. The van der Waals surface area contributed by atoms with Crippen molar-refractivity contribution in [1.82, 2.24) is 0 Å². The zero-order valence-corrected chi connectivity index (χ0v) is 16.5. The summed E-state index contributed by atoms with van der Waals surface area (Å²) in [4.78, 5) is 25.5. The predicted molar refractivity (Wildman–Crippen MR) is 108 cm³/mol. The Morgan fingerprint density at radius 3 is 2.52 bits per heavy atom. The third-order valence-corrected chi connectivity index (χ3v) is 4.79. The largest absolute Gasteiger partial charge is 0.491 e. The molecule has 0 N–H and O–H groups in total. The van der Waals surface area contributed by atoms with Crippen molar-refractivity contribution in [2.75, 3.05) is 6.61 Å². The maximum Gasteiger partial charge on any atom is 0.348 e. The molecule has 0 amide bonds. The highest BCUT2D eigenvalue weighted by Crippen LogP contribution is 2.44. The number of carbonyl (C=O) groups is 1. The molecule has 0 bridgehead atoms. The summed E-state index contributed by atoms with van der Waals surface area (Å²) in [5, 5.41) is 0.652. The smallest absolute Gasteiger partial charge is 0.348 e. The van der Waals surface area contributed by atoms with Gasteiger partial charge in [-0.15, -0.1) is 0 Å². The van der Waals surface area contributed by atoms with Crippen LogP contribution in [0.15, 0.2) is 57.7 Å². The van der Waals surface area contributed by atoms with E-state index in [1.54, 1.807) is 25.1 Å². The summed E-state index contributed by atoms with van der Waals surface area (Å²) in [6, 6.07) is 14.4. The Kier molecular flexibility index (Phi) is 5.01. The van der Waals surface area contributed by atoms with Crippen molar-refractivity contribution in [3.05, 3.63) is 70.1 Å². The Hall–Kier alpha value is -3.28. The molecule has 0 saturated heterocycles. The molecule has 2 unspecified atom stereocenters. The second-order valence-electron chi connectivity index (χ2n) is 7.13. The lowest BCUT2D eigenvalue weighted by Gasteiger charge is -2.18. The first-order valence-corrected chi connectivity index (χ1v) is 9.65. The van der Waals surface area contributed by atoms with Crippen LogP contribution in [0.5, 0.6) is 11.5 Å². The van der Waals surface area contributed by atoms with E-state index >= 15 is 0 Å². The van der Waals surface area contributed by atoms with E-state index in [1.807, 2.05) is 44.2 Å². The van der Waals surface area contributed by atoms with E-state index in [1.165, 1.54) is 0 Å². The normalized spacial score (nSPS) is 17.8. The van der Waals surface area contributed by atoms with Gasteiger partial charge >= 0.3 is 11.6 Å². The van der Waals surface area contributed by atoms with Gasteiger partial charge in [0.15, 0.2) is 0 Å². The quantitative estimate of drug-likeness (QED) is 0.480. The van der Waals surface area contributed by atoms with E-state index < -0.39 is 23.6 Å². The molecule has 2 atom stereocenters. The van der Waals surface area contributed by atoms with Crippen molar-refractivity contribution in [2.24, 2.45) is 0 Å². The van der Waals surface area contributed by atoms with E-state index in [0.29, 0.717) is 28.0 Å². The number of hydrogen-bond acceptors (Lipinski definition) is 6. The van der Waals surface area contributed by atoms with Crippen LogP contribution >= 0.6 is 0 Å². The van der Waals surface area contributed by atoms with E-state index in [2.05, 4.69) is 0 Å². The van der Waals surface area contributed by atoms with Gasteiger partial charge in [-0.05, 0) is 50.6 Å². The molecule has 0 spiro atoms. The second kappa shape index (κ2) is 7.62. The highest BCUT2D eigenvalue weighted by atomic mass is 16.6. The molecule has 6 nitrogen and oxygen atoms in total. The minimum Gasteiger partial charge on any atom is -0.491 e. The molecule has 1 aromatic heterocycles. The number of ether oxygens (including phenoxy) is 3. The highest BCUT2D eigenvalue weighted by Gasteiger charge is 2.45. The molecular weight excluding hydrogens is 372 g/mol. The molecule has 2 heterocycles. The van der Waals surface area contributed by atoms with Crippen molar-refractivity contribution in [2.45, 2.75) is 38.9 Å². The molecule has 1 aliphatic heterocycles. The number of fused-ring (bicyclic) bond motifs is 3. The first-order valence-electron chi connectivity index (χ1n) is 9.65. The lowest BCUT2D eigenvalue weighted by molar-refractivity contribution is -0.151. The van der Waals surface area contributed by atoms with Gasteiger partial charge in [-0.3, -0.25) is 0 Å². The topological polar surface area (TPSA) is 75.0 Å². The van der Waals surface area contributed by atoms with Gasteiger partial charge in [-0.25, -0.2) is 9.59 Å². The third kappa shape index (κ3) is 3.46. The molecule has 29 heavy (non-hydrogen) atoms. The molecule has 0 aliphatic carbocycles.